The second-order valence-corrected chi connectivity index (χ2v) is 23.6. The van der Waals surface area contributed by atoms with Crippen molar-refractivity contribution in [3.05, 3.63) is 116 Å². The van der Waals surface area contributed by atoms with E-state index in [9.17, 15) is 48.6 Å². The number of fused-ring (bicyclic) bond motifs is 4. The Morgan fingerprint density at radius 2 is 0.928 bits per heavy atom. The molecule has 0 aromatic carbocycles. The van der Waals surface area contributed by atoms with Gasteiger partial charge in [-0.3, -0.25) is 28.8 Å². The minimum absolute atomic E-state index is 0.00505. The predicted octanol–water partition coefficient (Wildman–Crippen LogP) is 10.4. The van der Waals surface area contributed by atoms with Crippen molar-refractivity contribution in [2.75, 3.05) is 6.54 Å². The van der Waals surface area contributed by atoms with E-state index < -0.39 is 48.4 Å². The number of carbonyl (C=O) groups is 8. The van der Waals surface area contributed by atoms with Gasteiger partial charge < -0.3 is 47.5 Å². The first-order valence-electron chi connectivity index (χ1n) is 29.5. The summed E-state index contributed by atoms with van der Waals surface area (Å²) in [4.78, 5) is 103. The van der Waals surface area contributed by atoms with Crippen molar-refractivity contribution < 1.29 is 58.0 Å². The molecule has 2 heterocycles. The van der Waals surface area contributed by atoms with Crippen molar-refractivity contribution in [2.24, 2.45) is 64.5 Å². The van der Waals surface area contributed by atoms with Crippen LogP contribution in [0.2, 0.25) is 0 Å². The number of unbranched alkanes of at least 4 members (excludes halogenated alkanes) is 1. The number of hydrogen-bond acceptors (Lipinski definition) is 13. The number of allylic oxidation sites excluding steroid dienone is 10. The second kappa shape index (κ2) is 34.3. The fraction of sp³-hybridized carbons (Fsp3) is 0.576. The number of aliphatic hydroxyl groups excluding tert-OH is 2. The molecular formula is C66H99N5O12. The molecule has 2 aliphatic heterocycles. The van der Waals surface area contributed by atoms with Gasteiger partial charge in [0.2, 0.25) is 11.6 Å². The van der Waals surface area contributed by atoms with Gasteiger partial charge in [0.15, 0.2) is 11.6 Å². The predicted molar refractivity (Wildman–Crippen MR) is 326 cm³/mol. The number of rotatable bonds is 6. The van der Waals surface area contributed by atoms with Gasteiger partial charge >= 0.3 is 12.2 Å². The number of hydrogen-bond donors (Lipinski definition) is 7. The molecule has 4 aliphatic rings. The third-order valence-corrected chi connectivity index (χ3v) is 15.9. The lowest BCUT2D eigenvalue weighted by atomic mass is 9.78. The van der Waals surface area contributed by atoms with Gasteiger partial charge in [-0.1, -0.05) is 124 Å². The molecule has 0 saturated carbocycles. The number of primary amides is 2. The fourth-order valence-electron chi connectivity index (χ4n) is 11.0. The van der Waals surface area contributed by atoms with Gasteiger partial charge in [-0.15, -0.1) is 0 Å². The van der Waals surface area contributed by atoms with E-state index in [1.807, 2.05) is 88.3 Å². The molecule has 17 nitrogen and oxygen atoms in total. The normalized spacial score (nSPS) is 32.1. The molecule has 10 N–H and O–H groups in total. The summed E-state index contributed by atoms with van der Waals surface area (Å²) in [6.07, 6.45) is 14.7. The van der Waals surface area contributed by atoms with Gasteiger partial charge in [-0.2, -0.15) is 0 Å². The number of ether oxygens (including phenoxy) is 2. The molecule has 83 heavy (non-hydrogen) atoms. The number of amides is 4. The van der Waals surface area contributed by atoms with Crippen LogP contribution in [0, 0.1) is 47.3 Å². The number of ketones is 4. The standard InChI is InChI=1S/C33H48N2O6.C30H42N2O6.C3H9N/c1-9-10-14-25-26-16-18(2)15-21(5)28(36)22(6)17-23(7)31(41-33(34)40)19(3)12-11-13-20(4)32(39)35-27(30(26)38)24(8)29(25)37;1-15-12-18(4)25(33)19(5)14-20(6)28(38-30(31)37)16(2)10-9-11-17(3)29(36)32-24-22(8)26(34)21(7)23(13-15)27(24)35;1-2-3-4/h11-13,17-19,21-22,28,31,36H,9-10,14-16H2,1-8H3,(H2,34,40)(H,35,39);9-11,14-16,18-19,25,28,33H,12-13H2,1-8H3,(H2,31,37)(H,32,36);2-4H2,1H3/b12-11-,20-13+,23-17+;10-9-,17-11+,20-14+;/t18-,19-,21-,22-,28-,31+;15-,16-,18-,19-,25-,28+;/m00./s1. The van der Waals surface area contributed by atoms with Gasteiger partial charge in [0, 0.05) is 68.3 Å². The van der Waals surface area contributed by atoms with E-state index in [0.717, 1.165) is 37.0 Å². The van der Waals surface area contributed by atoms with Gasteiger partial charge in [0.05, 0.1) is 23.6 Å². The minimum atomic E-state index is -0.901. The average Bonchev–Trinajstić information content (AvgIpc) is 3.34. The van der Waals surface area contributed by atoms with Crippen molar-refractivity contribution >= 4 is 47.1 Å². The van der Waals surface area contributed by atoms with Crippen molar-refractivity contribution in [1.82, 2.24) is 10.6 Å². The number of Topliss-reactive ketones (excluding diaryl/α,β-unsaturated/α-hetero) is 4. The molecule has 17 heteroatoms. The number of nitrogens with one attached hydrogen (secondary N) is 2. The minimum Gasteiger partial charge on any atom is -0.441 e. The Balaban J connectivity index is 0.000000533. The third-order valence-electron chi connectivity index (χ3n) is 15.9. The second-order valence-electron chi connectivity index (χ2n) is 23.6. The van der Waals surface area contributed by atoms with E-state index in [-0.39, 0.29) is 93.0 Å². The number of aliphatic hydroxyl groups is 2. The zero-order chi connectivity index (χ0) is 63.3. The Hall–Kier alpha value is -6.56. The molecule has 4 bridgehead atoms. The van der Waals surface area contributed by atoms with Crippen LogP contribution in [0.15, 0.2) is 116 Å². The van der Waals surface area contributed by atoms with Crippen molar-refractivity contribution in [3.63, 3.8) is 0 Å². The summed E-state index contributed by atoms with van der Waals surface area (Å²) >= 11 is 0. The summed E-state index contributed by atoms with van der Waals surface area (Å²) in [5.41, 5.74) is 20.2. The lowest BCUT2D eigenvalue weighted by Gasteiger charge is -2.29. The topological polar surface area (TPSA) is 298 Å². The monoisotopic (exact) mass is 1150 g/mol. The van der Waals surface area contributed by atoms with Gasteiger partial charge in [-0.25, -0.2) is 9.59 Å². The molecule has 4 rings (SSSR count). The number of carbonyl (C=O) groups excluding carboxylic acids is 8. The summed E-state index contributed by atoms with van der Waals surface area (Å²) in [6, 6.07) is 0. The number of nitrogens with two attached hydrogens (primary N) is 3. The van der Waals surface area contributed by atoms with Crippen LogP contribution in [0.5, 0.6) is 0 Å². The molecular weight excluding hydrogens is 1050 g/mol. The molecule has 0 fully saturated rings. The van der Waals surface area contributed by atoms with Crippen molar-refractivity contribution in [3.8, 4) is 0 Å². The SMILES string of the molecule is CC1=C2C[C@@H](C)C[C@H](C)[C@H](O)[C@@H](C)/C=C(\C)[C@H](OC(N)=O)[C@@H](C)/C=C\C=C(/C)C(=O)NC(=C(C)C1=O)C2=O.CCCCC1=C2C[C@@H](C)C[C@H](C)[C@H](O)[C@@H](C)/C=C(\C)[C@H](OC(N)=O)[C@@H](C)/C=C\C=C(/C)C(=O)NC(=C(C)C1=O)C2=O.CCCN. The van der Waals surface area contributed by atoms with E-state index in [1.165, 1.54) is 0 Å². The molecule has 4 amide bonds. The summed E-state index contributed by atoms with van der Waals surface area (Å²) in [7, 11) is 0. The molecule has 460 valence electrons. The molecule has 12 atom stereocenters. The highest BCUT2D eigenvalue weighted by Gasteiger charge is 2.36. The Morgan fingerprint density at radius 1 is 0.554 bits per heavy atom. The van der Waals surface area contributed by atoms with E-state index in [0.29, 0.717) is 65.5 Å². The largest absolute Gasteiger partial charge is 0.441 e. The van der Waals surface area contributed by atoms with Gasteiger partial charge in [-0.05, 0) is 135 Å². The zero-order valence-corrected chi connectivity index (χ0v) is 52.6. The molecule has 2 aliphatic carbocycles. The smallest absolute Gasteiger partial charge is 0.405 e. The van der Waals surface area contributed by atoms with E-state index >= 15 is 0 Å². The van der Waals surface area contributed by atoms with Crippen LogP contribution in [0.25, 0.3) is 0 Å². The molecule has 0 radical (unpaired) electrons. The maximum absolute atomic E-state index is 13.8. The van der Waals surface area contributed by atoms with Crippen molar-refractivity contribution in [2.45, 2.75) is 193 Å². The molecule has 0 spiro atoms. The quantitative estimate of drug-likeness (QED) is 0.0963. The Kier molecular flexibility index (Phi) is 30.0. The summed E-state index contributed by atoms with van der Waals surface area (Å²) in [5.74, 6) is -3.37. The van der Waals surface area contributed by atoms with E-state index in [1.54, 1.807) is 71.1 Å². The van der Waals surface area contributed by atoms with Crippen LogP contribution in [0.3, 0.4) is 0 Å². The maximum Gasteiger partial charge on any atom is 0.405 e. The molecule has 0 aromatic rings. The molecule has 0 unspecified atom stereocenters. The van der Waals surface area contributed by atoms with Crippen LogP contribution < -0.4 is 27.8 Å². The van der Waals surface area contributed by atoms with Crippen molar-refractivity contribution in [1.29, 1.82) is 0 Å². The summed E-state index contributed by atoms with van der Waals surface area (Å²) in [5, 5.41) is 27.6. The Labute approximate surface area is 494 Å². The van der Waals surface area contributed by atoms with E-state index in [2.05, 4.69) is 17.6 Å². The average molecular weight is 1150 g/mol. The highest BCUT2D eigenvalue weighted by atomic mass is 16.6. The molecule has 0 saturated heterocycles. The molecule has 0 aromatic heterocycles. The first-order valence-corrected chi connectivity index (χ1v) is 29.5. The van der Waals surface area contributed by atoms with Crippen LogP contribution in [0.4, 0.5) is 9.59 Å². The lowest BCUT2D eigenvalue weighted by molar-refractivity contribution is -0.120. The first-order chi connectivity index (χ1) is 38.7. The lowest BCUT2D eigenvalue weighted by Crippen LogP contribution is -2.35. The maximum atomic E-state index is 13.8. The Morgan fingerprint density at radius 3 is 1.30 bits per heavy atom. The highest BCUT2D eigenvalue weighted by molar-refractivity contribution is 6.26. The first kappa shape index (κ1) is 72.5. The van der Waals surface area contributed by atoms with Crippen LogP contribution in [-0.4, -0.2) is 88.3 Å². The van der Waals surface area contributed by atoms with Gasteiger partial charge in [0.1, 0.15) is 12.2 Å². The van der Waals surface area contributed by atoms with Crippen LogP contribution in [0.1, 0.15) is 169 Å². The van der Waals surface area contributed by atoms with Gasteiger partial charge in [0.25, 0.3) is 11.8 Å². The third kappa shape index (κ3) is 21.2. The fourth-order valence-corrected chi connectivity index (χ4v) is 11.0. The summed E-state index contributed by atoms with van der Waals surface area (Å²) in [6.45, 7) is 32.0. The highest BCUT2D eigenvalue weighted by Crippen LogP contribution is 2.35. The summed E-state index contributed by atoms with van der Waals surface area (Å²) < 4.78 is 10.8. The van der Waals surface area contributed by atoms with Crippen LogP contribution >= 0.6 is 0 Å². The zero-order valence-electron chi connectivity index (χ0n) is 52.6. The van der Waals surface area contributed by atoms with Crippen LogP contribution in [-0.2, 0) is 38.2 Å². The van der Waals surface area contributed by atoms with E-state index in [4.69, 9.17) is 26.7 Å². The Bertz CT molecular complexity index is 2730.